The molecule has 0 aromatic heterocycles. The van der Waals surface area contributed by atoms with Crippen LogP contribution in [-0.2, 0) is 9.47 Å². The molecule has 1 N–H and O–H groups in total. The first kappa shape index (κ1) is 13.3. The van der Waals surface area contributed by atoms with Crippen molar-refractivity contribution in [1.82, 2.24) is 5.32 Å². The Labute approximate surface area is 105 Å². The molecule has 0 amide bonds. The number of rotatable bonds is 6. The minimum Gasteiger partial charge on any atom is -0.381 e. The molecule has 2 aliphatic rings. The van der Waals surface area contributed by atoms with Crippen LogP contribution in [0.15, 0.2) is 0 Å². The number of nitrogens with one attached hydrogen (secondary N) is 1. The van der Waals surface area contributed by atoms with Crippen molar-refractivity contribution in [3.05, 3.63) is 0 Å². The Morgan fingerprint density at radius 3 is 2.53 bits per heavy atom. The molecule has 2 fully saturated rings. The zero-order valence-electron chi connectivity index (χ0n) is 11.3. The van der Waals surface area contributed by atoms with E-state index in [1.54, 1.807) is 0 Å². The van der Waals surface area contributed by atoms with Crippen molar-refractivity contribution >= 4 is 0 Å². The van der Waals surface area contributed by atoms with Crippen LogP contribution in [0.1, 0.15) is 45.4 Å². The van der Waals surface area contributed by atoms with Gasteiger partial charge in [-0.15, -0.1) is 0 Å². The summed E-state index contributed by atoms with van der Waals surface area (Å²) in [6, 6.07) is 0.532. The van der Waals surface area contributed by atoms with Crippen LogP contribution in [0.25, 0.3) is 0 Å². The van der Waals surface area contributed by atoms with Crippen molar-refractivity contribution in [2.75, 3.05) is 26.9 Å². The molecule has 1 atom stereocenters. The van der Waals surface area contributed by atoms with Crippen molar-refractivity contribution in [2.24, 2.45) is 5.92 Å². The first-order valence-electron chi connectivity index (χ1n) is 7.18. The van der Waals surface area contributed by atoms with Crippen LogP contribution in [-0.4, -0.2) is 38.5 Å². The first-order valence-corrected chi connectivity index (χ1v) is 7.18. The van der Waals surface area contributed by atoms with Crippen molar-refractivity contribution in [3.8, 4) is 0 Å². The Morgan fingerprint density at radius 1 is 1.35 bits per heavy atom. The Kier molecular flexibility index (Phi) is 4.83. The van der Waals surface area contributed by atoms with E-state index in [9.17, 15) is 0 Å². The van der Waals surface area contributed by atoms with Crippen molar-refractivity contribution in [3.63, 3.8) is 0 Å². The zero-order valence-corrected chi connectivity index (χ0v) is 11.3. The fourth-order valence-electron chi connectivity index (χ4n) is 3.21. The van der Waals surface area contributed by atoms with Crippen LogP contribution in [0, 0.1) is 5.92 Å². The van der Waals surface area contributed by atoms with Gasteiger partial charge in [0, 0.05) is 39.2 Å². The molecular weight excluding hydrogens is 214 g/mol. The Morgan fingerprint density at radius 2 is 2.06 bits per heavy atom. The van der Waals surface area contributed by atoms with E-state index in [4.69, 9.17) is 9.47 Å². The Balaban J connectivity index is 2.04. The van der Waals surface area contributed by atoms with Gasteiger partial charge in [0.2, 0.25) is 0 Å². The van der Waals surface area contributed by atoms with Gasteiger partial charge in [-0.05, 0) is 31.7 Å². The van der Waals surface area contributed by atoms with Gasteiger partial charge in [-0.3, -0.25) is 0 Å². The maximum absolute atomic E-state index is 5.95. The summed E-state index contributed by atoms with van der Waals surface area (Å²) in [6.45, 7) is 5.04. The molecule has 0 spiro atoms. The summed E-state index contributed by atoms with van der Waals surface area (Å²) in [6.07, 6.45) is 7.41. The van der Waals surface area contributed by atoms with Gasteiger partial charge in [-0.25, -0.2) is 0 Å². The van der Waals surface area contributed by atoms with E-state index in [0.717, 1.165) is 38.5 Å². The van der Waals surface area contributed by atoms with Gasteiger partial charge in [0.1, 0.15) is 0 Å². The highest BCUT2D eigenvalue weighted by Gasteiger charge is 2.45. The maximum Gasteiger partial charge on any atom is 0.0877 e. The summed E-state index contributed by atoms with van der Waals surface area (Å²) < 4.78 is 11.5. The van der Waals surface area contributed by atoms with Gasteiger partial charge in [0.05, 0.1) is 5.60 Å². The first-order chi connectivity index (χ1) is 8.32. The van der Waals surface area contributed by atoms with E-state index >= 15 is 0 Å². The average molecular weight is 241 g/mol. The number of methoxy groups -OCH3 is 1. The highest BCUT2D eigenvalue weighted by Crippen LogP contribution is 2.39. The normalized spacial score (nSPS) is 26.5. The van der Waals surface area contributed by atoms with E-state index in [2.05, 4.69) is 12.2 Å². The fraction of sp³-hybridized carbons (Fsp3) is 1.00. The molecule has 1 saturated carbocycles. The topological polar surface area (TPSA) is 30.5 Å². The Hall–Kier alpha value is -0.120. The zero-order chi connectivity index (χ0) is 12.1. The minimum absolute atomic E-state index is 0.0263. The molecule has 0 aromatic rings. The van der Waals surface area contributed by atoms with Crippen LogP contribution in [0.3, 0.4) is 0 Å². The average Bonchev–Trinajstić information content (AvgIpc) is 2.33. The van der Waals surface area contributed by atoms with Gasteiger partial charge in [0.25, 0.3) is 0 Å². The summed E-state index contributed by atoms with van der Waals surface area (Å²) in [5, 5.41) is 3.75. The van der Waals surface area contributed by atoms with Crippen LogP contribution in [0.2, 0.25) is 0 Å². The largest absolute Gasteiger partial charge is 0.381 e. The smallest absolute Gasteiger partial charge is 0.0877 e. The predicted molar refractivity (Wildman–Crippen MR) is 69.2 cm³/mol. The molecule has 0 radical (unpaired) electrons. The molecule has 1 aliphatic carbocycles. The van der Waals surface area contributed by atoms with Crippen LogP contribution >= 0.6 is 0 Å². The quantitative estimate of drug-likeness (QED) is 0.774. The molecule has 0 aromatic carbocycles. The summed E-state index contributed by atoms with van der Waals surface area (Å²) in [7, 11) is 1.88. The molecular formula is C14H27NO2. The third-order valence-electron chi connectivity index (χ3n) is 4.55. The highest BCUT2D eigenvalue weighted by atomic mass is 16.5. The fourth-order valence-corrected chi connectivity index (χ4v) is 3.21. The standard InChI is InChI=1S/C14H27NO2/c1-3-9-15-13(12-5-4-6-12)14(16-2)7-10-17-11-8-14/h12-13,15H,3-11H2,1-2H3. The molecule has 2 rings (SSSR count). The highest BCUT2D eigenvalue weighted by molar-refractivity contribution is 5.00. The monoisotopic (exact) mass is 241 g/mol. The third-order valence-corrected chi connectivity index (χ3v) is 4.55. The van der Waals surface area contributed by atoms with Crippen molar-refractivity contribution in [1.29, 1.82) is 0 Å². The molecule has 3 heteroatoms. The second-order valence-electron chi connectivity index (χ2n) is 5.50. The number of hydrogen-bond acceptors (Lipinski definition) is 3. The lowest BCUT2D eigenvalue weighted by molar-refractivity contribution is -0.126. The summed E-state index contributed by atoms with van der Waals surface area (Å²) in [5.41, 5.74) is 0.0263. The Bertz CT molecular complexity index is 222. The second kappa shape index (κ2) is 6.17. The molecule has 1 saturated heterocycles. The summed E-state index contributed by atoms with van der Waals surface area (Å²) >= 11 is 0. The van der Waals surface area contributed by atoms with Crippen molar-refractivity contribution < 1.29 is 9.47 Å². The van der Waals surface area contributed by atoms with Gasteiger partial charge in [-0.2, -0.15) is 0 Å². The van der Waals surface area contributed by atoms with Gasteiger partial charge in [-0.1, -0.05) is 13.3 Å². The van der Waals surface area contributed by atoms with E-state index in [-0.39, 0.29) is 5.60 Å². The van der Waals surface area contributed by atoms with E-state index in [0.29, 0.717) is 6.04 Å². The molecule has 1 unspecified atom stereocenters. The van der Waals surface area contributed by atoms with E-state index < -0.39 is 0 Å². The van der Waals surface area contributed by atoms with Crippen LogP contribution in [0.4, 0.5) is 0 Å². The molecule has 17 heavy (non-hydrogen) atoms. The number of ether oxygens (including phenoxy) is 2. The SMILES string of the molecule is CCCNC(C1CCC1)C1(OC)CCOCC1. The van der Waals surface area contributed by atoms with Crippen LogP contribution < -0.4 is 5.32 Å². The van der Waals surface area contributed by atoms with Crippen molar-refractivity contribution in [2.45, 2.75) is 57.1 Å². The lowest BCUT2D eigenvalue weighted by atomic mass is 9.70. The van der Waals surface area contributed by atoms with Gasteiger partial charge < -0.3 is 14.8 Å². The summed E-state index contributed by atoms with van der Waals surface area (Å²) in [4.78, 5) is 0. The predicted octanol–water partition coefficient (Wildman–Crippen LogP) is 2.35. The second-order valence-corrected chi connectivity index (χ2v) is 5.50. The van der Waals surface area contributed by atoms with E-state index in [1.165, 1.54) is 25.7 Å². The maximum atomic E-state index is 5.95. The molecule has 1 heterocycles. The van der Waals surface area contributed by atoms with Gasteiger partial charge >= 0.3 is 0 Å². The molecule has 3 nitrogen and oxygen atoms in total. The number of hydrogen-bond donors (Lipinski definition) is 1. The molecule has 0 bridgehead atoms. The molecule has 1 aliphatic heterocycles. The van der Waals surface area contributed by atoms with Gasteiger partial charge in [0.15, 0.2) is 0 Å². The molecule has 100 valence electrons. The lowest BCUT2D eigenvalue weighted by Gasteiger charge is -2.48. The lowest BCUT2D eigenvalue weighted by Crippen LogP contribution is -2.59. The summed E-state index contributed by atoms with van der Waals surface area (Å²) in [5.74, 6) is 0.819. The van der Waals surface area contributed by atoms with Crippen LogP contribution in [0.5, 0.6) is 0 Å². The third kappa shape index (κ3) is 2.83. The minimum atomic E-state index is 0.0263. The van der Waals surface area contributed by atoms with E-state index in [1.807, 2.05) is 7.11 Å².